The van der Waals surface area contributed by atoms with E-state index in [0.29, 0.717) is 49.2 Å². The van der Waals surface area contributed by atoms with Crippen LogP contribution in [0.5, 0.6) is 5.75 Å². The Hall–Kier alpha value is -2.35. The molecule has 6 nitrogen and oxygen atoms in total. The first-order valence-corrected chi connectivity index (χ1v) is 11.6. The summed E-state index contributed by atoms with van der Waals surface area (Å²) >= 11 is 12.4. The van der Waals surface area contributed by atoms with Gasteiger partial charge in [-0.05, 0) is 54.8 Å². The first-order chi connectivity index (χ1) is 15.8. The average Bonchev–Trinajstić information content (AvgIpc) is 3.27. The lowest BCUT2D eigenvalue weighted by Crippen LogP contribution is -2.44. The molecule has 0 radical (unpaired) electrons. The number of rotatable bonds is 4. The van der Waals surface area contributed by atoms with E-state index >= 15 is 0 Å². The van der Waals surface area contributed by atoms with Crippen LogP contribution >= 0.6 is 23.2 Å². The van der Waals surface area contributed by atoms with Gasteiger partial charge in [-0.15, -0.1) is 0 Å². The third-order valence-electron chi connectivity index (χ3n) is 6.35. The van der Waals surface area contributed by atoms with E-state index in [1.54, 1.807) is 19.2 Å². The second-order valence-electron chi connectivity index (χ2n) is 8.41. The quantitative estimate of drug-likeness (QED) is 0.600. The Morgan fingerprint density at radius 1 is 1.06 bits per heavy atom. The molecule has 4 rings (SSSR count). The Morgan fingerprint density at radius 3 is 2.42 bits per heavy atom. The van der Waals surface area contributed by atoms with Crippen LogP contribution in [0.15, 0.2) is 42.5 Å². The molecule has 0 spiro atoms. The Bertz CT molecular complexity index is 1010. The second kappa shape index (κ2) is 10.3. The summed E-state index contributed by atoms with van der Waals surface area (Å²) < 4.78 is 24.0. The number of carbonyl (C=O) groups excluding carboxylic acids is 2. The van der Waals surface area contributed by atoms with Crippen molar-refractivity contribution >= 4 is 35.2 Å². The lowest BCUT2D eigenvalue weighted by molar-refractivity contribution is -0.137. The molecule has 2 fully saturated rings. The zero-order valence-electron chi connectivity index (χ0n) is 18.2. The van der Waals surface area contributed by atoms with Crippen molar-refractivity contribution in [2.24, 2.45) is 5.92 Å². The molecular weight excluding hydrogens is 470 g/mol. The number of ether oxygens (including phenoxy) is 2. The van der Waals surface area contributed by atoms with Gasteiger partial charge in [-0.1, -0.05) is 29.3 Å². The standard InChI is InChI=1S/C24H25Cl2FN2O4/c1-28(24(31)33-18-5-3-17(27)4-6-18)22-14-29(23(30)15-8-10-32-11-9-15)13-19(22)16-2-7-20(25)21(26)12-16/h2-7,12,15,19,22H,8-11,13-14H2,1H3. The number of hydrogen-bond acceptors (Lipinski definition) is 4. The van der Waals surface area contributed by atoms with Crippen molar-refractivity contribution in [3.63, 3.8) is 0 Å². The van der Waals surface area contributed by atoms with Crippen molar-refractivity contribution in [3.8, 4) is 5.75 Å². The van der Waals surface area contributed by atoms with Gasteiger partial charge >= 0.3 is 6.09 Å². The maximum atomic E-state index is 13.2. The van der Waals surface area contributed by atoms with Crippen LogP contribution in [0.1, 0.15) is 24.3 Å². The van der Waals surface area contributed by atoms with E-state index in [1.165, 1.54) is 29.2 Å². The summed E-state index contributed by atoms with van der Waals surface area (Å²) in [6.45, 7) is 1.98. The van der Waals surface area contributed by atoms with Crippen LogP contribution in [0.4, 0.5) is 9.18 Å². The van der Waals surface area contributed by atoms with Gasteiger partial charge in [0.25, 0.3) is 0 Å². The minimum Gasteiger partial charge on any atom is -0.410 e. The van der Waals surface area contributed by atoms with Crippen LogP contribution in [0.2, 0.25) is 10.0 Å². The number of benzene rings is 2. The monoisotopic (exact) mass is 494 g/mol. The number of halogens is 3. The molecule has 0 N–H and O–H groups in total. The highest BCUT2D eigenvalue weighted by atomic mass is 35.5. The zero-order valence-corrected chi connectivity index (χ0v) is 19.7. The van der Waals surface area contributed by atoms with Gasteiger partial charge in [-0.2, -0.15) is 0 Å². The summed E-state index contributed by atoms with van der Waals surface area (Å²) in [6.07, 6.45) is 0.803. The van der Waals surface area contributed by atoms with Crippen molar-refractivity contribution < 1.29 is 23.5 Å². The first kappa shape index (κ1) is 23.8. The topological polar surface area (TPSA) is 59.1 Å². The van der Waals surface area contributed by atoms with Gasteiger partial charge in [0.15, 0.2) is 0 Å². The molecular formula is C24H25Cl2FN2O4. The summed E-state index contributed by atoms with van der Waals surface area (Å²) in [7, 11) is 1.64. The highest BCUT2D eigenvalue weighted by molar-refractivity contribution is 6.42. The van der Waals surface area contributed by atoms with Gasteiger partial charge in [0, 0.05) is 45.2 Å². The van der Waals surface area contributed by atoms with E-state index in [-0.39, 0.29) is 29.5 Å². The zero-order chi connectivity index (χ0) is 23.5. The molecule has 2 aromatic carbocycles. The SMILES string of the molecule is CN(C(=O)Oc1ccc(F)cc1)C1CN(C(=O)C2CCOCC2)CC1c1ccc(Cl)c(Cl)c1. The van der Waals surface area contributed by atoms with Crippen molar-refractivity contribution in [3.05, 3.63) is 63.9 Å². The van der Waals surface area contributed by atoms with E-state index in [9.17, 15) is 14.0 Å². The van der Waals surface area contributed by atoms with E-state index in [0.717, 1.165) is 5.56 Å². The van der Waals surface area contributed by atoms with E-state index in [1.807, 2.05) is 11.0 Å². The van der Waals surface area contributed by atoms with Crippen molar-refractivity contribution in [1.29, 1.82) is 0 Å². The Labute approximate surface area is 202 Å². The number of hydrogen-bond donors (Lipinski definition) is 0. The number of likely N-dealkylation sites (tertiary alicyclic amines) is 1. The molecule has 2 amide bonds. The van der Waals surface area contributed by atoms with Gasteiger partial charge in [-0.25, -0.2) is 9.18 Å². The molecule has 2 heterocycles. The fourth-order valence-electron chi connectivity index (χ4n) is 4.44. The summed E-state index contributed by atoms with van der Waals surface area (Å²) in [5, 5.41) is 0.854. The lowest BCUT2D eigenvalue weighted by atomic mass is 9.93. The molecule has 0 aliphatic carbocycles. The van der Waals surface area contributed by atoms with Crippen molar-refractivity contribution in [2.45, 2.75) is 24.8 Å². The number of amides is 2. The molecule has 2 unspecified atom stereocenters. The van der Waals surface area contributed by atoms with Crippen molar-refractivity contribution in [1.82, 2.24) is 9.80 Å². The largest absolute Gasteiger partial charge is 0.415 e. The molecule has 0 saturated carbocycles. The number of carbonyl (C=O) groups is 2. The maximum absolute atomic E-state index is 13.2. The van der Waals surface area contributed by atoms with Crippen LogP contribution in [0.3, 0.4) is 0 Å². The van der Waals surface area contributed by atoms with Gasteiger partial charge in [-0.3, -0.25) is 4.79 Å². The second-order valence-corrected chi connectivity index (χ2v) is 9.22. The maximum Gasteiger partial charge on any atom is 0.415 e. The minimum atomic E-state index is -0.586. The van der Waals surface area contributed by atoms with Crippen LogP contribution in [0, 0.1) is 11.7 Å². The molecule has 33 heavy (non-hydrogen) atoms. The predicted molar refractivity (Wildman–Crippen MR) is 123 cm³/mol. The molecule has 2 aliphatic rings. The predicted octanol–water partition coefficient (Wildman–Crippen LogP) is 4.98. The van der Waals surface area contributed by atoms with Gasteiger partial charge in [0.05, 0.1) is 16.1 Å². The lowest BCUT2D eigenvalue weighted by Gasteiger charge is -2.29. The Kier molecular flexibility index (Phi) is 7.41. The third kappa shape index (κ3) is 5.42. The number of likely N-dealkylation sites (N-methyl/N-ethyl adjacent to an activating group) is 1. The van der Waals surface area contributed by atoms with E-state index in [4.69, 9.17) is 32.7 Å². The van der Waals surface area contributed by atoms with Crippen molar-refractivity contribution in [2.75, 3.05) is 33.4 Å². The Balaban J connectivity index is 1.55. The molecule has 2 aromatic rings. The number of nitrogens with zero attached hydrogens (tertiary/aromatic N) is 2. The fraction of sp³-hybridized carbons (Fsp3) is 0.417. The highest BCUT2D eigenvalue weighted by Gasteiger charge is 2.42. The molecule has 2 atom stereocenters. The summed E-state index contributed by atoms with van der Waals surface area (Å²) in [5.74, 6) is -0.350. The molecule has 2 saturated heterocycles. The average molecular weight is 495 g/mol. The first-order valence-electron chi connectivity index (χ1n) is 10.8. The summed E-state index contributed by atoms with van der Waals surface area (Å²) in [6, 6.07) is 10.3. The highest BCUT2D eigenvalue weighted by Crippen LogP contribution is 2.35. The third-order valence-corrected chi connectivity index (χ3v) is 7.09. The fourth-order valence-corrected chi connectivity index (χ4v) is 4.75. The molecule has 9 heteroatoms. The van der Waals surface area contributed by atoms with E-state index < -0.39 is 11.9 Å². The summed E-state index contributed by atoms with van der Waals surface area (Å²) in [5.41, 5.74) is 0.887. The van der Waals surface area contributed by atoms with E-state index in [2.05, 4.69) is 0 Å². The normalized spacial score (nSPS) is 21.2. The van der Waals surface area contributed by atoms with Crippen LogP contribution in [-0.4, -0.2) is 61.2 Å². The van der Waals surface area contributed by atoms with Gasteiger partial charge < -0.3 is 19.3 Å². The molecule has 0 aromatic heterocycles. The Morgan fingerprint density at radius 2 is 1.76 bits per heavy atom. The molecule has 176 valence electrons. The van der Waals surface area contributed by atoms with Crippen LogP contribution < -0.4 is 4.74 Å². The van der Waals surface area contributed by atoms with Crippen LogP contribution in [0.25, 0.3) is 0 Å². The minimum absolute atomic E-state index is 0.0752. The summed E-state index contributed by atoms with van der Waals surface area (Å²) in [4.78, 5) is 29.4. The van der Waals surface area contributed by atoms with Crippen LogP contribution in [-0.2, 0) is 9.53 Å². The molecule has 0 bridgehead atoms. The van der Waals surface area contributed by atoms with Gasteiger partial charge in [0.1, 0.15) is 11.6 Å². The molecule has 2 aliphatic heterocycles. The van der Waals surface area contributed by atoms with Gasteiger partial charge in [0.2, 0.25) is 5.91 Å². The smallest absolute Gasteiger partial charge is 0.410 e.